The minimum atomic E-state index is 0.970. The van der Waals surface area contributed by atoms with Crippen LogP contribution >= 0.6 is 11.3 Å². The number of thiazole rings is 1. The molecular formula is C15H19NS. The van der Waals surface area contributed by atoms with Crippen molar-refractivity contribution in [2.75, 3.05) is 0 Å². The maximum atomic E-state index is 4.63. The molecule has 0 unspecified atom stereocenters. The summed E-state index contributed by atoms with van der Waals surface area (Å²) in [6.45, 7) is 10.8. The van der Waals surface area contributed by atoms with Crippen molar-refractivity contribution in [3.8, 4) is 0 Å². The van der Waals surface area contributed by atoms with Crippen LogP contribution in [-0.2, 0) is 6.42 Å². The van der Waals surface area contributed by atoms with E-state index in [1.54, 1.807) is 0 Å². The predicted octanol–water partition coefficient (Wildman–Crippen LogP) is 4.28. The third kappa shape index (κ3) is 2.58. The summed E-state index contributed by atoms with van der Waals surface area (Å²) in [5, 5.41) is 1.23. The van der Waals surface area contributed by atoms with Crippen molar-refractivity contribution in [1.29, 1.82) is 0 Å². The second kappa shape index (κ2) is 4.61. The predicted molar refractivity (Wildman–Crippen MR) is 75.0 cm³/mol. The average molecular weight is 245 g/mol. The summed E-state index contributed by atoms with van der Waals surface area (Å²) in [6.07, 6.45) is 0.970. The molecule has 1 aromatic carbocycles. The van der Waals surface area contributed by atoms with Crippen LogP contribution in [0.3, 0.4) is 0 Å². The zero-order valence-electron chi connectivity index (χ0n) is 11.2. The number of benzene rings is 1. The van der Waals surface area contributed by atoms with Crippen LogP contribution in [0.15, 0.2) is 12.1 Å². The van der Waals surface area contributed by atoms with Crippen molar-refractivity contribution in [1.82, 2.24) is 4.98 Å². The minimum absolute atomic E-state index is 0.970. The van der Waals surface area contributed by atoms with Gasteiger partial charge in [-0.1, -0.05) is 17.7 Å². The molecule has 0 saturated carbocycles. The minimum Gasteiger partial charge on any atom is -0.246 e. The maximum Gasteiger partial charge on any atom is 0.0974 e. The number of aryl methyl sites for hydroxylation is 5. The normalized spacial score (nSPS) is 10.9. The van der Waals surface area contributed by atoms with E-state index in [0.717, 1.165) is 6.42 Å². The van der Waals surface area contributed by atoms with Crippen LogP contribution in [0.25, 0.3) is 0 Å². The highest BCUT2D eigenvalue weighted by molar-refractivity contribution is 7.11. The highest BCUT2D eigenvalue weighted by atomic mass is 32.1. The van der Waals surface area contributed by atoms with Gasteiger partial charge in [-0.2, -0.15) is 0 Å². The number of hydrogen-bond donors (Lipinski definition) is 0. The van der Waals surface area contributed by atoms with Gasteiger partial charge in [-0.25, -0.2) is 4.98 Å². The SMILES string of the molecule is Cc1cc(C)c(Cc2nc(C)c(C)s2)c(C)c1. The molecule has 0 spiro atoms. The first-order chi connectivity index (χ1) is 7.97. The molecule has 0 aliphatic carbocycles. The maximum absolute atomic E-state index is 4.63. The first kappa shape index (κ1) is 12.3. The molecule has 1 aromatic heterocycles. The molecule has 0 N–H and O–H groups in total. The molecule has 0 fully saturated rings. The summed E-state index contributed by atoms with van der Waals surface area (Å²) in [5.41, 5.74) is 6.72. The van der Waals surface area contributed by atoms with Gasteiger partial charge in [0.05, 0.1) is 10.7 Å². The summed E-state index contributed by atoms with van der Waals surface area (Å²) < 4.78 is 0. The lowest BCUT2D eigenvalue weighted by molar-refractivity contribution is 1.06. The van der Waals surface area contributed by atoms with E-state index in [4.69, 9.17) is 0 Å². The quantitative estimate of drug-likeness (QED) is 0.769. The van der Waals surface area contributed by atoms with Gasteiger partial charge in [-0.05, 0) is 51.3 Å². The molecule has 2 aromatic rings. The van der Waals surface area contributed by atoms with Crippen LogP contribution in [-0.4, -0.2) is 4.98 Å². The van der Waals surface area contributed by atoms with Crippen LogP contribution in [0.4, 0.5) is 0 Å². The molecule has 17 heavy (non-hydrogen) atoms. The van der Waals surface area contributed by atoms with Crippen molar-refractivity contribution in [2.24, 2.45) is 0 Å². The van der Waals surface area contributed by atoms with Gasteiger partial charge in [-0.15, -0.1) is 11.3 Å². The molecule has 0 atom stereocenters. The Balaban J connectivity index is 2.36. The highest BCUT2D eigenvalue weighted by Crippen LogP contribution is 2.24. The van der Waals surface area contributed by atoms with Crippen molar-refractivity contribution < 1.29 is 0 Å². The van der Waals surface area contributed by atoms with Gasteiger partial charge >= 0.3 is 0 Å². The molecule has 0 saturated heterocycles. The Bertz CT molecular complexity index is 510. The molecule has 90 valence electrons. The molecule has 0 aliphatic rings. The van der Waals surface area contributed by atoms with Crippen molar-refractivity contribution in [3.05, 3.63) is 50.0 Å². The van der Waals surface area contributed by atoms with E-state index in [1.165, 1.54) is 37.8 Å². The first-order valence-electron chi connectivity index (χ1n) is 5.97. The number of aromatic nitrogens is 1. The Morgan fingerprint density at radius 3 is 2.06 bits per heavy atom. The van der Waals surface area contributed by atoms with E-state index in [2.05, 4.69) is 51.7 Å². The average Bonchev–Trinajstić information content (AvgIpc) is 2.52. The lowest BCUT2D eigenvalue weighted by atomic mass is 9.98. The van der Waals surface area contributed by atoms with Crippen LogP contribution < -0.4 is 0 Å². The fraction of sp³-hybridized carbons (Fsp3) is 0.400. The molecule has 0 bridgehead atoms. The first-order valence-corrected chi connectivity index (χ1v) is 6.78. The van der Waals surface area contributed by atoms with Gasteiger partial charge in [-0.3, -0.25) is 0 Å². The Labute approximate surface area is 108 Å². The second-order valence-electron chi connectivity index (χ2n) is 4.80. The van der Waals surface area contributed by atoms with E-state index in [9.17, 15) is 0 Å². The van der Waals surface area contributed by atoms with Crippen molar-refractivity contribution in [2.45, 2.75) is 41.0 Å². The fourth-order valence-corrected chi connectivity index (χ4v) is 3.20. The largest absolute Gasteiger partial charge is 0.246 e. The summed E-state index contributed by atoms with van der Waals surface area (Å²) in [7, 11) is 0. The molecule has 2 rings (SSSR count). The fourth-order valence-electron chi connectivity index (χ4n) is 2.25. The smallest absolute Gasteiger partial charge is 0.0974 e. The van der Waals surface area contributed by atoms with E-state index in [0.29, 0.717) is 0 Å². The monoisotopic (exact) mass is 245 g/mol. The molecule has 1 nitrogen and oxygen atoms in total. The summed E-state index contributed by atoms with van der Waals surface area (Å²) in [6, 6.07) is 4.52. The third-order valence-electron chi connectivity index (χ3n) is 3.24. The van der Waals surface area contributed by atoms with Crippen LogP contribution in [0, 0.1) is 34.6 Å². The molecule has 0 aliphatic heterocycles. The van der Waals surface area contributed by atoms with Crippen LogP contribution in [0.1, 0.15) is 37.8 Å². The molecule has 1 heterocycles. The van der Waals surface area contributed by atoms with Crippen LogP contribution in [0.2, 0.25) is 0 Å². The van der Waals surface area contributed by atoms with E-state index < -0.39 is 0 Å². The zero-order chi connectivity index (χ0) is 12.6. The Morgan fingerprint density at radius 2 is 1.59 bits per heavy atom. The molecular weight excluding hydrogens is 226 g/mol. The van der Waals surface area contributed by atoms with Crippen molar-refractivity contribution in [3.63, 3.8) is 0 Å². The van der Waals surface area contributed by atoms with E-state index in [-0.39, 0.29) is 0 Å². The summed E-state index contributed by atoms with van der Waals surface area (Å²) in [5.74, 6) is 0. The van der Waals surface area contributed by atoms with Gasteiger partial charge in [0, 0.05) is 11.3 Å². The van der Waals surface area contributed by atoms with E-state index in [1.807, 2.05) is 11.3 Å². The molecule has 2 heteroatoms. The topological polar surface area (TPSA) is 12.9 Å². The van der Waals surface area contributed by atoms with Gasteiger partial charge in [0.1, 0.15) is 0 Å². The highest BCUT2D eigenvalue weighted by Gasteiger charge is 2.09. The number of nitrogens with zero attached hydrogens (tertiary/aromatic N) is 1. The standard InChI is InChI=1S/C15H19NS/c1-9-6-10(2)14(11(3)7-9)8-15-16-12(4)13(5)17-15/h6-7H,8H2,1-5H3. The Kier molecular flexibility index (Phi) is 3.34. The van der Waals surface area contributed by atoms with E-state index >= 15 is 0 Å². The lowest BCUT2D eigenvalue weighted by Gasteiger charge is -2.09. The van der Waals surface area contributed by atoms with Gasteiger partial charge in [0.2, 0.25) is 0 Å². The second-order valence-corrected chi connectivity index (χ2v) is 6.09. The van der Waals surface area contributed by atoms with Gasteiger partial charge < -0.3 is 0 Å². The Morgan fingerprint density at radius 1 is 1.00 bits per heavy atom. The lowest BCUT2D eigenvalue weighted by Crippen LogP contribution is -1.96. The number of hydrogen-bond acceptors (Lipinski definition) is 2. The summed E-state index contributed by atoms with van der Waals surface area (Å²) in [4.78, 5) is 5.96. The Hall–Kier alpha value is -1.15. The zero-order valence-corrected chi connectivity index (χ0v) is 12.0. The molecule has 0 amide bonds. The molecule has 0 radical (unpaired) electrons. The van der Waals surface area contributed by atoms with Crippen molar-refractivity contribution >= 4 is 11.3 Å². The van der Waals surface area contributed by atoms with Crippen LogP contribution in [0.5, 0.6) is 0 Å². The van der Waals surface area contributed by atoms with Gasteiger partial charge in [0.25, 0.3) is 0 Å². The third-order valence-corrected chi connectivity index (χ3v) is 4.31. The number of rotatable bonds is 2. The summed E-state index contributed by atoms with van der Waals surface area (Å²) >= 11 is 1.82. The van der Waals surface area contributed by atoms with Gasteiger partial charge in [0.15, 0.2) is 0 Å².